The fraction of sp³-hybridized carbons (Fsp3) is 0.292. The summed E-state index contributed by atoms with van der Waals surface area (Å²) in [6.45, 7) is 0. The summed E-state index contributed by atoms with van der Waals surface area (Å²) in [6.07, 6.45) is 0.234. The predicted molar refractivity (Wildman–Crippen MR) is 117 cm³/mol. The second-order valence-electron chi connectivity index (χ2n) is 8.69. The molecule has 2 unspecified atom stereocenters. The predicted octanol–water partition coefficient (Wildman–Crippen LogP) is 4.15. The number of hydrogen-bond acceptors (Lipinski definition) is 4. The molecule has 0 spiro atoms. The third-order valence-electron chi connectivity index (χ3n) is 6.71. The molecule has 1 saturated heterocycles. The van der Waals surface area contributed by atoms with Crippen LogP contribution in [0, 0.1) is 0 Å². The number of hydrogen-bond donors (Lipinski definition) is 1. The minimum atomic E-state index is -4.55. The van der Waals surface area contributed by atoms with Crippen LogP contribution in [-0.4, -0.2) is 25.1 Å². The van der Waals surface area contributed by atoms with E-state index >= 15 is 0 Å². The molecular weight excluding hydrogens is 431 g/mol. The summed E-state index contributed by atoms with van der Waals surface area (Å²) >= 11 is 0. The Morgan fingerprint density at radius 3 is 2.73 bits per heavy atom. The van der Waals surface area contributed by atoms with E-state index in [1.165, 1.54) is 46.6 Å². The minimum Gasteiger partial charge on any atom is -0.332 e. The van der Waals surface area contributed by atoms with Crippen LogP contribution in [0.25, 0.3) is 28.1 Å². The molecule has 1 fully saturated rings. The van der Waals surface area contributed by atoms with Gasteiger partial charge in [-0.2, -0.15) is 13.2 Å². The number of alkyl halides is 3. The standard InChI is InChI=1S/C24H20F3N5O/c1-31-18-12-14-5-7-17(28-14)22(18)15-6-8-20(30-23(15)31)32-10-9-13(11-21(32)33)16-3-2-4-19(29-16)24(25,26)27/h2-4,6,8-11,14,17,28H,5,7,12H2,1H3. The van der Waals surface area contributed by atoms with Crippen molar-refractivity contribution in [2.45, 2.75) is 37.5 Å². The Morgan fingerprint density at radius 2 is 1.94 bits per heavy atom. The Bertz CT molecular complexity index is 1470. The Labute approximate surface area is 186 Å². The normalized spacial score (nSPS) is 19.8. The highest BCUT2D eigenvalue weighted by atomic mass is 19.4. The molecule has 33 heavy (non-hydrogen) atoms. The molecule has 0 aromatic carbocycles. The van der Waals surface area contributed by atoms with Crippen molar-refractivity contribution in [1.29, 1.82) is 0 Å². The van der Waals surface area contributed by atoms with Crippen LogP contribution in [0.4, 0.5) is 13.2 Å². The smallest absolute Gasteiger partial charge is 0.332 e. The lowest BCUT2D eigenvalue weighted by molar-refractivity contribution is -0.141. The molecule has 1 N–H and O–H groups in total. The number of nitrogens with one attached hydrogen (secondary N) is 1. The third-order valence-corrected chi connectivity index (χ3v) is 6.71. The van der Waals surface area contributed by atoms with E-state index in [2.05, 4.69) is 14.9 Å². The number of aryl methyl sites for hydroxylation is 1. The zero-order valence-electron chi connectivity index (χ0n) is 17.7. The van der Waals surface area contributed by atoms with Crippen LogP contribution in [0.2, 0.25) is 0 Å². The molecule has 9 heteroatoms. The van der Waals surface area contributed by atoms with E-state index in [0.717, 1.165) is 29.9 Å². The lowest BCUT2D eigenvalue weighted by Crippen LogP contribution is -2.32. The van der Waals surface area contributed by atoms with Crippen molar-refractivity contribution in [3.05, 3.63) is 76.0 Å². The van der Waals surface area contributed by atoms with Crippen LogP contribution in [0.5, 0.6) is 0 Å². The zero-order chi connectivity index (χ0) is 22.9. The van der Waals surface area contributed by atoms with Gasteiger partial charge in [-0.15, -0.1) is 0 Å². The highest BCUT2D eigenvalue weighted by Crippen LogP contribution is 2.41. The summed E-state index contributed by atoms with van der Waals surface area (Å²) in [5.41, 5.74) is 2.45. The second kappa shape index (κ2) is 7.02. The monoisotopic (exact) mass is 451 g/mol. The molecule has 2 aliphatic heterocycles. The summed E-state index contributed by atoms with van der Waals surface area (Å²) < 4.78 is 42.5. The van der Waals surface area contributed by atoms with Crippen LogP contribution >= 0.6 is 0 Å². The van der Waals surface area contributed by atoms with E-state index in [4.69, 9.17) is 4.98 Å². The summed E-state index contributed by atoms with van der Waals surface area (Å²) in [5.74, 6) is 0.465. The number of halogens is 3. The number of nitrogens with zero attached hydrogens (tertiary/aromatic N) is 4. The first-order chi connectivity index (χ1) is 15.8. The molecule has 0 saturated carbocycles. The quantitative estimate of drug-likeness (QED) is 0.497. The zero-order valence-corrected chi connectivity index (χ0v) is 17.7. The lowest BCUT2D eigenvalue weighted by Gasteiger charge is -2.22. The Kier molecular flexibility index (Phi) is 4.29. The van der Waals surface area contributed by atoms with Crippen molar-refractivity contribution < 1.29 is 13.2 Å². The van der Waals surface area contributed by atoms with Gasteiger partial charge in [-0.05, 0) is 48.7 Å². The van der Waals surface area contributed by atoms with Gasteiger partial charge in [0.05, 0.1) is 5.69 Å². The highest BCUT2D eigenvalue weighted by Gasteiger charge is 2.36. The largest absolute Gasteiger partial charge is 0.433 e. The van der Waals surface area contributed by atoms with E-state index in [1.807, 2.05) is 19.2 Å². The van der Waals surface area contributed by atoms with Crippen molar-refractivity contribution >= 4 is 11.0 Å². The van der Waals surface area contributed by atoms with E-state index in [0.29, 0.717) is 23.5 Å². The Hall–Kier alpha value is -3.46. The van der Waals surface area contributed by atoms with E-state index in [-0.39, 0.29) is 5.69 Å². The van der Waals surface area contributed by atoms with E-state index in [1.54, 1.807) is 6.07 Å². The van der Waals surface area contributed by atoms with Gasteiger partial charge in [0.1, 0.15) is 17.2 Å². The van der Waals surface area contributed by atoms with E-state index in [9.17, 15) is 18.0 Å². The molecule has 4 aromatic rings. The van der Waals surface area contributed by atoms with Gasteiger partial charge < -0.3 is 9.88 Å². The van der Waals surface area contributed by atoms with Crippen molar-refractivity contribution in [3.8, 4) is 17.1 Å². The summed E-state index contributed by atoms with van der Waals surface area (Å²) in [4.78, 5) is 21.3. The minimum absolute atomic E-state index is 0.0927. The third kappa shape index (κ3) is 3.18. The van der Waals surface area contributed by atoms with Gasteiger partial charge in [-0.25, -0.2) is 9.97 Å². The molecule has 0 amide bonds. The highest BCUT2D eigenvalue weighted by molar-refractivity contribution is 5.84. The SMILES string of the molecule is Cn1c2c(c3ccc(-n4ccc(-c5cccc(C(F)(F)F)n5)cc4=O)nc31)C1CCC(C2)N1. The van der Waals surface area contributed by atoms with Crippen LogP contribution in [0.15, 0.2) is 53.5 Å². The van der Waals surface area contributed by atoms with Gasteiger partial charge in [0, 0.05) is 54.5 Å². The van der Waals surface area contributed by atoms with Gasteiger partial charge in [-0.3, -0.25) is 9.36 Å². The molecule has 6 heterocycles. The maximum absolute atomic E-state index is 13.0. The molecule has 6 rings (SSSR count). The molecule has 2 atom stereocenters. The number of aromatic nitrogens is 4. The number of pyridine rings is 3. The molecule has 2 aliphatic rings. The van der Waals surface area contributed by atoms with Crippen molar-refractivity contribution in [1.82, 2.24) is 24.4 Å². The molecule has 2 bridgehead atoms. The fourth-order valence-electron chi connectivity index (χ4n) is 5.16. The van der Waals surface area contributed by atoms with Gasteiger partial charge in [0.2, 0.25) is 0 Å². The molecule has 6 nitrogen and oxygen atoms in total. The maximum atomic E-state index is 13.0. The molecule has 0 aliphatic carbocycles. The summed E-state index contributed by atoms with van der Waals surface area (Å²) in [7, 11) is 2.01. The second-order valence-corrected chi connectivity index (χ2v) is 8.69. The molecular formula is C24H20F3N5O. The first-order valence-corrected chi connectivity index (χ1v) is 10.8. The molecule has 4 aromatic heterocycles. The van der Waals surface area contributed by atoms with Gasteiger partial charge in [0.15, 0.2) is 0 Å². The molecule has 0 radical (unpaired) electrons. The summed E-state index contributed by atoms with van der Waals surface area (Å²) in [5, 5.41) is 4.76. The van der Waals surface area contributed by atoms with Crippen molar-refractivity contribution in [3.63, 3.8) is 0 Å². The summed E-state index contributed by atoms with van der Waals surface area (Å²) in [6, 6.07) is 11.2. The average molecular weight is 451 g/mol. The molecule has 168 valence electrons. The lowest BCUT2D eigenvalue weighted by atomic mass is 10.00. The maximum Gasteiger partial charge on any atom is 0.433 e. The van der Waals surface area contributed by atoms with Crippen molar-refractivity contribution in [2.24, 2.45) is 7.05 Å². The van der Waals surface area contributed by atoms with Crippen LogP contribution in [0.3, 0.4) is 0 Å². The number of fused-ring (bicyclic) bond motifs is 6. The fourth-order valence-corrected chi connectivity index (χ4v) is 5.16. The van der Waals surface area contributed by atoms with Crippen LogP contribution in [-0.2, 0) is 19.6 Å². The topological polar surface area (TPSA) is 64.7 Å². The number of rotatable bonds is 2. The van der Waals surface area contributed by atoms with Crippen LogP contribution in [0.1, 0.15) is 35.8 Å². The Morgan fingerprint density at radius 1 is 1.09 bits per heavy atom. The first kappa shape index (κ1) is 20.2. The van der Waals surface area contributed by atoms with Crippen molar-refractivity contribution in [2.75, 3.05) is 0 Å². The van der Waals surface area contributed by atoms with Crippen LogP contribution < -0.4 is 10.9 Å². The van der Waals surface area contributed by atoms with Gasteiger partial charge in [0.25, 0.3) is 5.56 Å². The van der Waals surface area contributed by atoms with Gasteiger partial charge in [-0.1, -0.05) is 6.07 Å². The first-order valence-electron chi connectivity index (χ1n) is 10.8. The van der Waals surface area contributed by atoms with Gasteiger partial charge >= 0.3 is 6.18 Å². The Balaban J connectivity index is 1.40. The average Bonchev–Trinajstić information content (AvgIpc) is 3.31. The van der Waals surface area contributed by atoms with E-state index < -0.39 is 17.4 Å².